The smallest absolute Gasteiger partial charge is 0.166 e. The van der Waals surface area contributed by atoms with E-state index in [-0.39, 0.29) is 4.90 Å². The molecule has 0 amide bonds. The van der Waals surface area contributed by atoms with Crippen LogP contribution in [0.5, 0.6) is 0 Å². The van der Waals surface area contributed by atoms with Crippen LogP contribution in [0.25, 0.3) is 0 Å². The van der Waals surface area contributed by atoms with Gasteiger partial charge in [-0.15, -0.1) is 11.8 Å². The summed E-state index contributed by atoms with van der Waals surface area (Å²) in [6.45, 7) is 1.78. The van der Waals surface area contributed by atoms with Crippen LogP contribution in [0.4, 0.5) is 13.2 Å². The van der Waals surface area contributed by atoms with Crippen LogP contribution in [0.15, 0.2) is 23.1 Å². The molecule has 0 N–H and O–H groups in total. The molecule has 0 radical (unpaired) electrons. The van der Waals surface area contributed by atoms with E-state index in [4.69, 9.17) is 0 Å². The molecular weight excluding hydrogens is 197 g/mol. The van der Waals surface area contributed by atoms with Crippen molar-refractivity contribution in [2.45, 2.75) is 18.0 Å². The highest BCUT2D eigenvalue weighted by molar-refractivity contribution is 7.98. The molecular formula is C9H9F3S. The standard InChI is InChI=1S/C9H9F3S/c1-6-3-4-7(9(10,11)12)8(5-6)13-2/h3-5H,1-2H3. The maximum atomic E-state index is 12.4. The second-order valence-corrected chi connectivity index (χ2v) is 3.55. The lowest BCUT2D eigenvalue weighted by Crippen LogP contribution is -2.06. The fourth-order valence-electron chi connectivity index (χ4n) is 1.03. The van der Waals surface area contributed by atoms with E-state index in [0.717, 1.165) is 23.4 Å². The van der Waals surface area contributed by atoms with Gasteiger partial charge in [0.15, 0.2) is 0 Å². The van der Waals surface area contributed by atoms with Crippen LogP contribution >= 0.6 is 11.8 Å². The molecule has 0 atom stereocenters. The number of thioether (sulfide) groups is 1. The number of benzene rings is 1. The normalized spacial score (nSPS) is 11.8. The molecule has 0 aliphatic rings. The molecule has 0 saturated carbocycles. The van der Waals surface area contributed by atoms with Crippen molar-refractivity contribution in [2.75, 3.05) is 6.26 Å². The minimum absolute atomic E-state index is 0.285. The third-order valence-corrected chi connectivity index (χ3v) is 2.44. The lowest BCUT2D eigenvalue weighted by molar-refractivity contribution is -0.139. The summed E-state index contributed by atoms with van der Waals surface area (Å²) in [5.41, 5.74) is 0.294. The Labute approximate surface area is 79.1 Å². The second-order valence-electron chi connectivity index (χ2n) is 2.70. The van der Waals surface area contributed by atoms with Crippen LogP contribution in [0.1, 0.15) is 11.1 Å². The summed E-state index contributed by atoms with van der Waals surface area (Å²) in [5, 5.41) is 0. The molecule has 72 valence electrons. The average molecular weight is 206 g/mol. The molecule has 4 heteroatoms. The molecule has 0 heterocycles. The lowest BCUT2D eigenvalue weighted by Gasteiger charge is -2.11. The van der Waals surface area contributed by atoms with Crippen molar-refractivity contribution in [3.8, 4) is 0 Å². The summed E-state index contributed by atoms with van der Waals surface area (Å²) >= 11 is 1.12. The van der Waals surface area contributed by atoms with Gasteiger partial charge in [0.1, 0.15) is 0 Å². The predicted molar refractivity (Wildman–Crippen MR) is 48.0 cm³/mol. The monoisotopic (exact) mass is 206 g/mol. The van der Waals surface area contributed by atoms with Crippen molar-refractivity contribution in [3.05, 3.63) is 29.3 Å². The van der Waals surface area contributed by atoms with Crippen LogP contribution in [-0.4, -0.2) is 6.26 Å². The topological polar surface area (TPSA) is 0 Å². The quantitative estimate of drug-likeness (QED) is 0.631. The molecule has 0 aliphatic carbocycles. The Morgan fingerprint density at radius 1 is 1.23 bits per heavy atom. The Hall–Kier alpha value is -0.640. The van der Waals surface area contributed by atoms with Gasteiger partial charge in [-0.05, 0) is 30.9 Å². The SMILES string of the molecule is CSc1cc(C)ccc1C(F)(F)F. The summed E-state index contributed by atoms with van der Waals surface area (Å²) in [4.78, 5) is 0.285. The number of alkyl halides is 3. The molecule has 0 aromatic heterocycles. The van der Waals surface area contributed by atoms with Gasteiger partial charge in [-0.3, -0.25) is 0 Å². The van der Waals surface area contributed by atoms with E-state index >= 15 is 0 Å². The van der Waals surface area contributed by atoms with E-state index in [1.165, 1.54) is 6.07 Å². The van der Waals surface area contributed by atoms with E-state index in [2.05, 4.69) is 0 Å². The largest absolute Gasteiger partial charge is 0.417 e. The van der Waals surface area contributed by atoms with Gasteiger partial charge < -0.3 is 0 Å². The molecule has 1 aromatic carbocycles. The van der Waals surface area contributed by atoms with Gasteiger partial charge in [0.2, 0.25) is 0 Å². The Balaban J connectivity index is 3.22. The first-order chi connectivity index (χ1) is 5.95. The molecule has 1 rings (SSSR count). The van der Waals surface area contributed by atoms with Gasteiger partial charge >= 0.3 is 6.18 Å². The van der Waals surface area contributed by atoms with Gasteiger partial charge in [0.05, 0.1) is 5.56 Å². The molecule has 0 aliphatic heterocycles. The highest BCUT2D eigenvalue weighted by Crippen LogP contribution is 2.36. The van der Waals surface area contributed by atoms with E-state index in [9.17, 15) is 13.2 Å². The average Bonchev–Trinajstić information content (AvgIpc) is 2.01. The van der Waals surface area contributed by atoms with Crippen molar-refractivity contribution in [3.63, 3.8) is 0 Å². The fourth-order valence-corrected chi connectivity index (χ4v) is 1.74. The van der Waals surface area contributed by atoms with Crippen molar-refractivity contribution in [1.29, 1.82) is 0 Å². The maximum Gasteiger partial charge on any atom is 0.417 e. The van der Waals surface area contributed by atoms with E-state index in [1.807, 2.05) is 0 Å². The summed E-state index contributed by atoms with van der Waals surface area (Å²) in [7, 11) is 0. The minimum atomic E-state index is -4.24. The zero-order valence-corrected chi connectivity index (χ0v) is 8.09. The lowest BCUT2D eigenvalue weighted by atomic mass is 10.1. The maximum absolute atomic E-state index is 12.4. The van der Waals surface area contributed by atoms with E-state index < -0.39 is 11.7 Å². The molecule has 0 unspecified atom stereocenters. The second kappa shape index (κ2) is 3.62. The molecule has 0 saturated heterocycles. The highest BCUT2D eigenvalue weighted by atomic mass is 32.2. The molecule has 0 fully saturated rings. The Morgan fingerprint density at radius 2 is 1.85 bits per heavy atom. The number of halogens is 3. The molecule has 13 heavy (non-hydrogen) atoms. The van der Waals surface area contributed by atoms with Crippen LogP contribution in [0, 0.1) is 6.92 Å². The first-order valence-corrected chi connectivity index (χ1v) is 4.89. The highest BCUT2D eigenvalue weighted by Gasteiger charge is 2.32. The molecule has 0 bridgehead atoms. The number of aryl methyl sites for hydroxylation is 1. The summed E-state index contributed by atoms with van der Waals surface area (Å²) in [6.07, 6.45) is -2.60. The first-order valence-electron chi connectivity index (χ1n) is 3.67. The van der Waals surface area contributed by atoms with Gasteiger partial charge in [-0.2, -0.15) is 13.2 Å². The van der Waals surface area contributed by atoms with Gasteiger partial charge in [-0.1, -0.05) is 6.07 Å². The van der Waals surface area contributed by atoms with Gasteiger partial charge in [0, 0.05) is 4.90 Å². The Kier molecular flexibility index (Phi) is 2.91. The third-order valence-electron chi connectivity index (χ3n) is 1.66. The van der Waals surface area contributed by atoms with E-state index in [1.54, 1.807) is 19.2 Å². The van der Waals surface area contributed by atoms with Gasteiger partial charge in [-0.25, -0.2) is 0 Å². The molecule has 0 nitrogen and oxygen atoms in total. The van der Waals surface area contributed by atoms with Crippen molar-refractivity contribution in [1.82, 2.24) is 0 Å². The summed E-state index contributed by atoms with van der Waals surface area (Å²) in [5.74, 6) is 0. The summed E-state index contributed by atoms with van der Waals surface area (Å²) < 4.78 is 37.1. The Bertz CT molecular complexity index is 304. The number of rotatable bonds is 1. The summed E-state index contributed by atoms with van der Waals surface area (Å²) in [6, 6.07) is 4.15. The zero-order chi connectivity index (χ0) is 10.1. The molecule has 1 aromatic rings. The van der Waals surface area contributed by atoms with Crippen molar-refractivity contribution in [2.24, 2.45) is 0 Å². The van der Waals surface area contributed by atoms with Crippen LogP contribution in [0.2, 0.25) is 0 Å². The predicted octanol–water partition coefficient (Wildman–Crippen LogP) is 3.74. The number of hydrogen-bond acceptors (Lipinski definition) is 1. The van der Waals surface area contributed by atoms with Crippen LogP contribution in [0.3, 0.4) is 0 Å². The minimum Gasteiger partial charge on any atom is -0.166 e. The van der Waals surface area contributed by atoms with E-state index in [0.29, 0.717) is 0 Å². The third kappa shape index (κ3) is 2.40. The number of hydrogen-bond donors (Lipinski definition) is 0. The van der Waals surface area contributed by atoms with Crippen molar-refractivity contribution >= 4 is 11.8 Å². The van der Waals surface area contributed by atoms with Crippen LogP contribution < -0.4 is 0 Å². The van der Waals surface area contributed by atoms with Gasteiger partial charge in [0.25, 0.3) is 0 Å². The molecule has 0 spiro atoms. The zero-order valence-electron chi connectivity index (χ0n) is 7.27. The first kappa shape index (κ1) is 10.4. The fraction of sp³-hybridized carbons (Fsp3) is 0.333. The van der Waals surface area contributed by atoms with Crippen molar-refractivity contribution < 1.29 is 13.2 Å². The Morgan fingerprint density at radius 3 is 2.31 bits per heavy atom. The van der Waals surface area contributed by atoms with Crippen LogP contribution in [-0.2, 0) is 6.18 Å².